The Balaban J connectivity index is 2.54. The minimum Gasteiger partial charge on any atom is -0.359 e. The summed E-state index contributed by atoms with van der Waals surface area (Å²) in [7, 11) is -1.63. The van der Waals surface area contributed by atoms with Crippen LogP contribution in [0.4, 0.5) is 0 Å². The number of carbonyl (C=O) groups is 1. The summed E-state index contributed by atoms with van der Waals surface area (Å²) in [6.45, 7) is 2.67. The molecule has 0 aromatic rings. The smallest absolute Gasteiger partial charge is 0.222 e. The molecule has 0 spiro atoms. The molecule has 1 amide bonds. The Morgan fingerprint density at radius 1 is 1.44 bits per heavy atom. The molecule has 5 nitrogen and oxygen atoms in total. The number of halogens is 1. The van der Waals surface area contributed by atoms with Crippen LogP contribution in [0.5, 0.6) is 0 Å². The van der Waals surface area contributed by atoms with Crippen molar-refractivity contribution in [2.75, 3.05) is 31.8 Å². The number of nitrogens with one attached hydrogen (secondary N) is 1. The molecule has 0 saturated carbocycles. The lowest BCUT2D eigenvalue weighted by molar-refractivity contribution is -0.125. The van der Waals surface area contributed by atoms with E-state index in [9.17, 15) is 13.2 Å². The third-order valence-electron chi connectivity index (χ3n) is 3.22. The zero-order valence-corrected chi connectivity index (χ0v) is 12.4. The maximum atomic E-state index is 12.1. The molecule has 1 atom stereocenters. The lowest BCUT2D eigenvalue weighted by Gasteiger charge is -2.30. The van der Waals surface area contributed by atoms with E-state index in [4.69, 9.17) is 11.6 Å². The standard InChI is InChI=1S/C11H21ClN2O3S/c1-9(7-12)8-18(16,17)14-5-3-10(4-6-14)11(15)13-2/h9-10H,3-8H2,1-2H3,(H,13,15). The number of hydrogen-bond donors (Lipinski definition) is 1. The van der Waals surface area contributed by atoms with Gasteiger partial charge in [-0.25, -0.2) is 12.7 Å². The molecule has 1 aliphatic rings. The van der Waals surface area contributed by atoms with Gasteiger partial charge in [0.15, 0.2) is 0 Å². The van der Waals surface area contributed by atoms with Gasteiger partial charge >= 0.3 is 0 Å². The molecule has 106 valence electrons. The van der Waals surface area contributed by atoms with Crippen LogP contribution in [0.15, 0.2) is 0 Å². The minimum atomic E-state index is -3.23. The van der Waals surface area contributed by atoms with Crippen LogP contribution in [-0.2, 0) is 14.8 Å². The first kappa shape index (κ1) is 15.7. The summed E-state index contributed by atoms with van der Waals surface area (Å²) in [6, 6.07) is 0. The van der Waals surface area contributed by atoms with E-state index in [1.807, 2.05) is 6.92 Å². The molecule has 0 radical (unpaired) electrons. The minimum absolute atomic E-state index is 0.00109. The molecule has 1 N–H and O–H groups in total. The van der Waals surface area contributed by atoms with Crippen LogP contribution in [-0.4, -0.2) is 50.4 Å². The van der Waals surface area contributed by atoms with Gasteiger partial charge in [0.25, 0.3) is 0 Å². The fourth-order valence-electron chi connectivity index (χ4n) is 2.11. The van der Waals surface area contributed by atoms with Gasteiger partial charge in [0, 0.05) is 31.9 Å². The summed E-state index contributed by atoms with van der Waals surface area (Å²) < 4.78 is 25.6. The quantitative estimate of drug-likeness (QED) is 0.758. The Bertz CT molecular complexity index is 378. The van der Waals surface area contributed by atoms with Gasteiger partial charge in [-0.3, -0.25) is 4.79 Å². The van der Waals surface area contributed by atoms with Crippen LogP contribution in [0.2, 0.25) is 0 Å². The molecular formula is C11H21ClN2O3S. The molecule has 1 fully saturated rings. The Hall–Kier alpha value is -0.330. The van der Waals surface area contributed by atoms with Gasteiger partial charge in [0.1, 0.15) is 0 Å². The predicted molar refractivity (Wildman–Crippen MR) is 72.0 cm³/mol. The van der Waals surface area contributed by atoms with Crippen molar-refractivity contribution in [1.29, 1.82) is 0 Å². The Kier molecular flexibility index (Phi) is 5.88. The van der Waals surface area contributed by atoms with Crippen molar-refractivity contribution in [3.8, 4) is 0 Å². The first-order valence-electron chi connectivity index (χ1n) is 6.16. The lowest BCUT2D eigenvalue weighted by Crippen LogP contribution is -2.43. The third kappa shape index (κ3) is 4.10. The van der Waals surface area contributed by atoms with E-state index >= 15 is 0 Å². The number of rotatable bonds is 5. The van der Waals surface area contributed by atoms with Gasteiger partial charge < -0.3 is 5.32 Å². The van der Waals surface area contributed by atoms with E-state index in [0.717, 1.165) is 0 Å². The van der Waals surface area contributed by atoms with Crippen LogP contribution in [0, 0.1) is 11.8 Å². The highest BCUT2D eigenvalue weighted by molar-refractivity contribution is 7.89. The molecule has 0 bridgehead atoms. The van der Waals surface area contributed by atoms with Crippen molar-refractivity contribution in [1.82, 2.24) is 9.62 Å². The number of sulfonamides is 1. The lowest BCUT2D eigenvalue weighted by atomic mass is 9.97. The first-order chi connectivity index (χ1) is 8.40. The summed E-state index contributed by atoms with van der Waals surface area (Å²) in [6.07, 6.45) is 1.18. The fraction of sp³-hybridized carbons (Fsp3) is 0.909. The SMILES string of the molecule is CNC(=O)C1CCN(S(=O)(=O)CC(C)CCl)CC1. The van der Waals surface area contributed by atoms with Crippen LogP contribution in [0.3, 0.4) is 0 Å². The van der Waals surface area contributed by atoms with Gasteiger partial charge in [-0.2, -0.15) is 0 Å². The number of hydrogen-bond acceptors (Lipinski definition) is 3. The Morgan fingerprint density at radius 3 is 2.44 bits per heavy atom. The second-order valence-corrected chi connectivity index (χ2v) is 7.15. The van der Waals surface area contributed by atoms with E-state index in [1.54, 1.807) is 7.05 Å². The third-order valence-corrected chi connectivity index (χ3v) is 5.89. The summed E-state index contributed by atoms with van der Waals surface area (Å²) in [4.78, 5) is 11.5. The van der Waals surface area contributed by atoms with E-state index in [-0.39, 0.29) is 23.5 Å². The number of amides is 1. The highest BCUT2D eigenvalue weighted by Crippen LogP contribution is 2.21. The zero-order chi connectivity index (χ0) is 13.8. The normalized spacial score (nSPS) is 20.6. The van der Waals surface area contributed by atoms with Crippen LogP contribution < -0.4 is 5.32 Å². The van der Waals surface area contributed by atoms with Gasteiger partial charge in [-0.1, -0.05) is 6.92 Å². The summed E-state index contributed by atoms with van der Waals surface area (Å²) in [5.41, 5.74) is 0. The molecule has 0 aliphatic carbocycles. The van der Waals surface area contributed by atoms with E-state index in [1.165, 1.54) is 4.31 Å². The van der Waals surface area contributed by atoms with E-state index in [2.05, 4.69) is 5.32 Å². The van der Waals surface area contributed by atoms with Crippen molar-refractivity contribution in [3.63, 3.8) is 0 Å². The van der Waals surface area contributed by atoms with Crippen LogP contribution >= 0.6 is 11.6 Å². The summed E-state index contributed by atoms with van der Waals surface area (Å²) >= 11 is 5.64. The van der Waals surface area contributed by atoms with Crippen molar-refractivity contribution in [2.24, 2.45) is 11.8 Å². The van der Waals surface area contributed by atoms with Gasteiger partial charge in [-0.15, -0.1) is 11.6 Å². The molecule has 7 heteroatoms. The monoisotopic (exact) mass is 296 g/mol. The molecule has 1 unspecified atom stereocenters. The number of alkyl halides is 1. The van der Waals surface area contributed by atoms with Gasteiger partial charge in [-0.05, 0) is 18.8 Å². The van der Waals surface area contributed by atoms with E-state index < -0.39 is 10.0 Å². The van der Waals surface area contributed by atoms with E-state index in [0.29, 0.717) is 31.8 Å². The maximum absolute atomic E-state index is 12.1. The molecule has 18 heavy (non-hydrogen) atoms. The van der Waals surface area contributed by atoms with Gasteiger partial charge in [0.2, 0.25) is 15.9 Å². The van der Waals surface area contributed by atoms with Crippen LogP contribution in [0.1, 0.15) is 19.8 Å². The zero-order valence-electron chi connectivity index (χ0n) is 10.9. The average molecular weight is 297 g/mol. The average Bonchev–Trinajstić information content (AvgIpc) is 2.37. The Morgan fingerprint density at radius 2 is 2.00 bits per heavy atom. The Labute approximate surface area is 114 Å². The topological polar surface area (TPSA) is 66.5 Å². The highest BCUT2D eigenvalue weighted by Gasteiger charge is 2.31. The van der Waals surface area contributed by atoms with Gasteiger partial charge in [0.05, 0.1) is 5.75 Å². The number of nitrogens with zero attached hydrogens (tertiary/aromatic N) is 1. The summed E-state index contributed by atoms with van der Waals surface area (Å²) in [5, 5.41) is 2.61. The largest absolute Gasteiger partial charge is 0.359 e. The van der Waals surface area contributed by atoms with Crippen LogP contribution in [0.25, 0.3) is 0 Å². The first-order valence-corrected chi connectivity index (χ1v) is 8.30. The van der Waals surface area contributed by atoms with Crippen molar-refractivity contribution in [2.45, 2.75) is 19.8 Å². The second kappa shape index (κ2) is 6.73. The second-order valence-electron chi connectivity index (χ2n) is 4.83. The number of piperidine rings is 1. The molecule has 1 heterocycles. The molecule has 1 saturated heterocycles. The molecular weight excluding hydrogens is 276 g/mol. The molecule has 1 rings (SSSR count). The van der Waals surface area contributed by atoms with Crippen molar-refractivity contribution >= 4 is 27.5 Å². The molecule has 1 aliphatic heterocycles. The predicted octanol–water partition coefficient (Wildman–Crippen LogP) is 0.649. The fourth-order valence-corrected chi connectivity index (χ4v) is 4.16. The highest BCUT2D eigenvalue weighted by atomic mass is 35.5. The number of carbonyl (C=O) groups excluding carboxylic acids is 1. The van der Waals surface area contributed by atoms with Crippen molar-refractivity contribution in [3.05, 3.63) is 0 Å². The van der Waals surface area contributed by atoms with Crippen molar-refractivity contribution < 1.29 is 13.2 Å². The molecule has 0 aromatic carbocycles. The summed E-state index contributed by atoms with van der Waals surface area (Å²) in [5.74, 6) is 0.316. The molecule has 0 aromatic heterocycles. The maximum Gasteiger partial charge on any atom is 0.222 e.